The summed E-state index contributed by atoms with van der Waals surface area (Å²) in [5.41, 5.74) is 1.66. The van der Waals surface area contributed by atoms with Crippen molar-refractivity contribution >= 4 is 45.0 Å². The molecule has 0 atom stereocenters. The molecule has 0 saturated heterocycles. The lowest BCUT2D eigenvalue weighted by molar-refractivity contribution is -0.118. The molecule has 9 nitrogen and oxygen atoms in total. The molecule has 5 rings (SSSR count). The van der Waals surface area contributed by atoms with Gasteiger partial charge in [-0.05, 0) is 41.5 Å². The Morgan fingerprint density at radius 3 is 2.94 bits per heavy atom. The minimum Gasteiger partial charge on any atom is -0.454 e. The van der Waals surface area contributed by atoms with E-state index in [1.165, 1.54) is 23.1 Å². The molecule has 4 heterocycles. The standard InChI is InChI=1S/C22H23N5O4S2/c1-13(2)5-7-26-20(29)19-15(6-8-32-19)27-21(26)24-25-22(27)33-11-18(28)23-10-14-3-4-16-17(9-14)31-12-30-16/h3-4,6,8-9,13H,5,7,10-12H2,1-2H3,(H,23,28). The summed E-state index contributed by atoms with van der Waals surface area (Å²) in [7, 11) is 0. The van der Waals surface area contributed by atoms with Gasteiger partial charge in [-0.2, -0.15) is 0 Å². The SMILES string of the molecule is CC(C)CCn1c(=O)c2sccc2n2c(SCC(=O)NCc3ccc4c(c3)OCO4)nnc12. The van der Waals surface area contributed by atoms with Crippen molar-refractivity contribution in [3.63, 3.8) is 0 Å². The molecule has 1 aliphatic rings. The summed E-state index contributed by atoms with van der Waals surface area (Å²) < 4.78 is 14.9. The topological polar surface area (TPSA) is 99.8 Å². The van der Waals surface area contributed by atoms with Crippen molar-refractivity contribution in [3.05, 3.63) is 45.6 Å². The van der Waals surface area contributed by atoms with Crippen molar-refractivity contribution in [2.24, 2.45) is 5.92 Å². The molecule has 33 heavy (non-hydrogen) atoms. The third-order valence-corrected chi connectivity index (χ3v) is 7.19. The molecule has 0 aliphatic carbocycles. The van der Waals surface area contributed by atoms with Gasteiger partial charge in [0.2, 0.25) is 18.5 Å². The molecule has 172 valence electrons. The molecule has 3 aromatic heterocycles. The minimum atomic E-state index is -0.121. The van der Waals surface area contributed by atoms with Gasteiger partial charge >= 0.3 is 0 Å². The Kier molecular flexibility index (Phi) is 5.98. The van der Waals surface area contributed by atoms with Crippen LogP contribution in [0, 0.1) is 5.92 Å². The average molecular weight is 486 g/mol. The van der Waals surface area contributed by atoms with Crippen molar-refractivity contribution in [2.75, 3.05) is 12.5 Å². The van der Waals surface area contributed by atoms with E-state index in [1.54, 1.807) is 4.57 Å². The number of carbonyl (C=O) groups is 1. The third kappa shape index (κ3) is 4.30. The van der Waals surface area contributed by atoms with E-state index >= 15 is 0 Å². The van der Waals surface area contributed by atoms with Crippen LogP contribution in [0.25, 0.3) is 16.0 Å². The van der Waals surface area contributed by atoms with Gasteiger partial charge in [-0.3, -0.25) is 18.6 Å². The van der Waals surface area contributed by atoms with Crippen LogP contribution in [0.15, 0.2) is 39.6 Å². The average Bonchev–Trinajstić information content (AvgIpc) is 3.54. The van der Waals surface area contributed by atoms with Gasteiger partial charge < -0.3 is 14.8 Å². The number of aryl methyl sites for hydroxylation is 1. The van der Waals surface area contributed by atoms with Crippen LogP contribution in [0.3, 0.4) is 0 Å². The molecule has 11 heteroatoms. The van der Waals surface area contributed by atoms with Crippen LogP contribution in [-0.4, -0.2) is 37.6 Å². The number of rotatable bonds is 8. The maximum Gasteiger partial charge on any atom is 0.272 e. The molecule has 1 aromatic carbocycles. The molecule has 1 N–H and O–H groups in total. The minimum absolute atomic E-state index is 0.0430. The van der Waals surface area contributed by atoms with Gasteiger partial charge in [0.15, 0.2) is 16.7 Å². The summed E-state index contributed by atoms with van der Waals surface area (Å²) in [5, 5.41) is 14.0. The highest BCUT2D eigenvalue weighted by atomic mass is 32.2. The Hall–Kier alpha value is -3.05. The molecule has 0 saturated carbocycles. The lowest BCUT2D eigenvalue weighted by Crippen LogP contribution is -2.25. The lowest BCUT2D eigenvalue weighted by Gasteiger charge is -2.10. The van der Waals surface area contributed by atoms with Crippen LogP contribution in [-0.2, 0) is 17.9 Å². The van der Waals surface area contributed by atoms with E-state index in [1.807, 2.05) is 34.0 Å². The van der Waals surface area contributed by atoms with E-state index in [4.69, 9.17) is 9.47 Å². The first kappa shape index (κ1) is 21.8. The van der Waals surface area contributed by atoms with Crippen molar-refractivity contribution in [3.8, 4) is 11.5 Å². The van der Waals surface area contributed by atoms with Crippen LogP contribution in [0.5, 0.6) is 11.5 Å². The Labute approximate surface area is 197 Å². The summed E-state index contributed by atoms with van der Waals surface area (Å²) in [5.74, 6) is 2.43. The van der Waals surface area contributed by atoms with Crippen LogP contribution >= 0.6 is 23.1 Å². The van der Waals surface area contributed by atoms with Gasteiger partial charge in [0.25, 0.3) is 5.56 Å². The van der Waals surface area contributed by atoms with Gasteiger partial charge in [0, 0.05) is 13.1 Å². The van der Waals surface area contributed by atoms with E-state index in [9.17, 15) is 9.59 Å². The van der Waals surface area contributed by atoms with Gasteiger partial charge in [-0.15, -0.1) is 21.5 Å². The Morgan fingerprint density at radius 2 is 2.09 bits per heavy atom. The third-order valence-electron chi connectivity index (χ3n) is 5.37. The zero-order valence-electron chi connectivity index (χ0n) is 18.2. The monoisotopic (exact) mass is 485 g/mol. The predicted octanol–water partition coefficient (Wildman–Crippen LogP) is 3.29. The number of nitrogens with one attached hydrogen (secondary N) is 1. The van der Waals surface area contributed by atoms with Crippen LogP contribution in [0.2, 0.25) is 0 Å². The van der Waals surface area contributed by atoms with Crippen LogP contribution in [0.4, 0.5) is 0 Å². The van der Waals surface area contributed by atoms with Gasteiger partial charge in [0.1, 0.15) is 4.70 Å². The van der Waals surface area contributed by atoms with Crippen molar-refractivity contribution in [2.45, 2.75) is 38.5 Å². The second kappa shape index (κ2) is 9.06. The number of thioether (sulfide) groups is 1. The zero-order valence-corrected chi connectivity index (χ0v) is 19.9. The highest BCUT2D eigenvalue weighted by molar-refractivity contribution is 7.99. The first-order valence-corrected chi connectivity index (χ1v) is 12.5. The number of amides is 1. The Bertz CT molecular complexity index is 1390. The summed E-state index contributed by atoms with van der Waals surface area (Å²) in [6.07, 6.45) is 0.865. The van der Waals surface area contributed by atoms with Gasteiger partial charge in [0.05, 0.1) is 11.3 Å². The number of hydrogen-bond acceptors (Lipinski definition) is 8. The molecule has 0 radical (unpaired) electrons. The fraction of sp³-hybridized carbons (Fsp3) is 0.364. The van der Waals surface area contributed by atoms with E-state index in [2.05, 4.69) is 29.4 Å². The summed E-state index contributed by atoms with van der Waals surface area (Å²) >= 11 is 2.71. The number of ether oxygens (including phenoxy) is 2. The number of nitrogens with zero attached hydrogens (tertiary/aromatic N) is 4. The quantitative estimate of drug-likeness (QED) is 0.382. The number of hydrogen-bond donors (Lipinski definition) is 1. The largest absolute Gasteiger partial charge is 0.454 e. The normalized spacial score (nSPS) is 12.8. The van der Waals surface area contributed by atoms with Crippen molar-refractivity contribution in [1.29, 1.82) is 0 Å². The lowest BCUT2D eigenvalue weighted by atomic mass is 10.1. The first-order chi connectivity index (χ1) is 16.0. The summed E-state index contributed by atoms with van der Waals surface area (Å²) in [6, 6.07) is 7.50. The van der Waals surface area contributed by atoms with E-state index < -0.39 is 0 Å². The van der Waals surface area contributed by atoms with E-state index in [0.717, 1.165) is 17.5 Å². The smallest absolute Gasteiger partial charge is 0.272 e. The molecule has 0 spiro atoms. The second-order valence-electron chi connectivity index (χ2n) is 8.15. The number of fused-ring (bicyclic) bond motifs is 4. The predicted molar refractivity (Wildman–Crippen MR) is 127 cm³/mol. The Balaban J connectivity index is 1.32. The van der Waals surface area contributed by atoms with E-state index in [0.29, 0.717) is 46.1 Å². The molecule has 0 fully saturated rings. The summed E-state index contributed by atoms with van der Waals surface area (Å²) in [4.78, 5) is 25.5. The number of benzene rings is 1. The highest BCUT2D eigenvalue weighted by Crippen LogP contribution is 2.32. The molecular formula is C22H23N5O4S2. The van der Waals surface area contributed by atoms with Crippen LogP contribution in [0.1, 0.15) is 25.8 Å². The molecule has 4 aromatic rings. The van der Waals surface area contributed by atoms with E-state index in [-0.39, 0.29) is 24.0 Å². The maximum atomic E-state index is 13.0. The second-order valence-corrected chi connectivity index (χ2v) is 10.0. The maximum absolute atomic E-state index is 13.0. The molecule has 1 aliphatic heterocycles. The molecule has 1 amide bonds. The summed E-state index contributed by atoms with van der Waals surface area (Å²) in [6.45, 7) is 5.43. The first-order valence-electron chi connectivity index (χ1n) is 10.6. The molecular weight excluding hydrogens is 462 g/mol. The van der Waals surface area contributed by atoms with Gasteiger partial charge in [-0.25, -0.2) is 0 Å². The molecule has 0 unspecified atom stereocenters. The zero-order chi connectivity index (χ0) is 22.9. The molecule has 0 bridgehead atoms. The van der Waals surface area contributed by atoms with Crippen molar-refractivity contribution in [1.82, 2.24) is 24.5 Å². The highest BCUT2D eigenvalue weighted by Gasteiger charge is 2.19. The van der Waals surface area contributed by atoms with Crippen molar-refractivity contribution < 1.29 is 14.3 Å². The number of carbonyl (C=O) groups excluding carboxylic acids is 1. The number of thiophene rings is 1. The Morgan fingerprint density at radius 1 is 1.24 bits per heavy atom. The number of aromatic nitrogens is 4. The fourth-order valence-electron chi connectivity index (χ4n) is 3.61. The van der Waals surface area contributed by atoms with Crippen LogP contribution < -0.4 is 20.3 Å². The fourth-order valence-corrected chi connectivity index (χ4v) is 5.21. The van der Waals surface area contributed by atoms with Gasteiger partial charge in [-0.1, -0.05) is 31.7 Å².